The number of nitrogens with zero attached hydrogens (tertiary/aromatic N) is 2. The summed E-state index contributed by atoms with van der Waals surface area (Å²) in [5.41, 5.74) is 0.252. The lowest BCUT2D eigenvalue weighted by Crippen LogP contribution is -2.58. The minimum absolute atomic E-state index is 0.0314. The van der Waals surface area contributed by atoms with Crippen LogP contribution in [0.15, 0.2) is 72.8 Å². The second kappa shape index (κ2) is 10.0. The molecule has 3 aromatic rings. The molecule has 9 heteroatoms. The van der Waals surface area contributed by atoms with Crippen molar-refractivity contribution in [2.75, 3.05) is 26.7 Å². The van der Waals surface area contributed by atoms with Crippen molar-refractivity contribution >= 4 is 11.8 Å². The van der Waals surface area contributed by atoms with Crippen LogP contribution in [0.5, 0.6) is 17.2 Å². The fraction of sp³-hybridized carbons (Fsp3) is 0.310. The fourth-order valence-electron chi connectivity index (χ4n) is 4.92. The van der Waals surface area contributed by atoms with E-state index in [4.69, 9.17) is 9.47 Å². The number of carbonyl (C=O) groups is 2. The third-order valence-electron chi connectivity index (χ3n) is 7.12. The molecule has 2 amide bonds. The minimum atomic E-state index is -4.41. The molecule has 3 aromatic carbocycles. The Morgan fingerprint density at radius 2 is 1.53 bits per heavy atom. The summed E-state index contributed by atoms with van der Waals surface area (Å²) in [4.78, 5) is 30.1. The van der Waals surface area contributed by atoms with Gasteiger partial charge in [0.25, 0.3) is 5.91 Å². The number of amides is 2. The monoisotopic (exact) mass is 524 g/mol. The number of methoxy groups -OCH3 is 1. The van der Waals surface area contributed by atoms with Crippen LogP contribution in [-0.4, -0.2) is 53.9 Å². The number of halogens is 3. The highest BCUT2D eigenvalue weighted by atomic mass is 19.4. The molecule has 1 heterocycles. The van der Waals surface area contributed by atoms with Crippen molar-refractivity contribution in [3.05, 3.63) is 89.5 Å². The normalized spacial score (nSPS) is 16.3. The Labute approximate surface area is 218 Å². The van der Waals surface area contributed by atoms with Crippen molar-refractivity contribution in [3.63, 3.8) is 0 Å². The molecule has 5 rings (SSSR count). The Bertz CT molecular complexity index is 1320. The van der Waals surface area contributed by atoms with Gasteiger partial charge >= 0.3 is 6.18 Å². The lowest BCUT2D eigenvalue weighted by Gasteiger charge is -2.42. The first-order valence-corrected chi connectivity index (χ1v) is 12.4. The molecule has 1 saturated carbocycles. The molecule has 0 N–H and O–H groups in total. The third-order valence-corrected chi connectivity index (χ3v) is 7.12. The zero-order chi connectivity index (χ0) is 26.9. The maximum Gasteiger partial charge on any atom is 0.416 e. The van der Waals surface area contributed by atoms with E-state index in [2.05, 4.69) is 0 Å². The Morgan fingerprint density at radius 3 is 2.13 bits per heavy atom. The molecule has 38 heavy (non-hydrogen) atoms. The summed E-state index contributed by atoms with van der Waals surface area (Å²) < 4.78 is 49.3. The molecule has 0 bridgehead atoms. The third kappa shape index (κ3) is 5.32. The molecule has 1 spiro atoms. The number of rotatable bonds is 6. The fourth-order valence-corrected chi connectivity index (χ4v) is 4.92. The molecule has 1 saturated heterocycles. The van der Waals surface area contributed by atoms with Crippen LogP contribution in [0.4, 0.5) is 13.2 Å². The molecule has 2 aliphatic rings. The molecule has 0 atom stereocenters. The number of alkyl halides is 3. The van der Waals surface area contributed by atoms with E-state index in [0.29, 0.717) is 36.7 Å². The zero-order valence-corrected chi connectivity index (χ0v) is 20.8. The van der Waals surface area contributed by atoms with E-state index >= 15 is 0 Å². The summed E-state index contributed by atoms with van der Waals surface area (Å²) >= 11 is 0. The van der Waals surface area contributed by atoms with Gasteiger partial charge in [0.1, 0.15) is 17.2 Å². The first-order valence-electron chi connectivity index (χ1n) is 12.4. The summed E-state index contributed by atoms with van der Waals surface area (Å²) in [7, 11) is 1.59. The molecule has 1 aliphatic heterocycles. The number of ether oxygens (including phenoxy) is 2. The van der Waals surface area contributed by atoms with Gasteiger partial charge in [0.05, 0.1) is 24.6 Å². The topological polar surface area (TPSA) is 59.1 Å². The first-order chi connectivity index (χ1) is 18.2. The van der Waals surface area contributed by atoms with E-state index in [1.165, 1.54) is 12.1 Å². The van der Waals surface area contributed by atoms with Crippen LogP contribution in [0, 0.1) is 0 Å². The number of para-hydroxylation sites is 1. The van der Waals surface area contributed by atoms with E-state index in [1.54, 1.807) is 36.3 Å². The van der Waals surface area contributed by atoms with E-state index in [1.807, 2.05) is 29.2 Å². The minimum Gasteiger partial charge on any atom is -0.496 e. The van der Waals surface area contributed by atoms with Gasteiger partial charge in [0.2, 0.25) is 5.91 Å². The highest BCUT2D eigenvalue weighted by Gasteiger charge is 2.53. The van der Waals surface area contributed by atoms with Crippen LogP contribution in [0.1, 0.15) is 34.3 Å². The Kier molecular flexibility index (Phi) is 6.77. The van der Waals surface area contributed by atoms with Crippen LogP contribution >= 0.6 is 0 Å². The molecule has 6 nitrogen and oxygen atoms in total. The second-order valence-corrected chi connectivity index (χ2v) is 9.63. The standard InChI is InChI=1S/C29H27F3N2O4/c1-37-25-5-3-2-4-21(25)18-26(35)34-17-16-33(19-28(34)14-15-28)27(36)20-6-10-23(11-7-20)38-24-12-8-22(9-13-24)29(30,31)32/h2-13H,14-19H2,1H3. The van der Waals surface area contributed by atoms with Gasteiger partial charge < -0.3 is 19.3 Å². The molecular weight excluding hydrogens is 497 g/mol. The molecule has 0 radical (unpaired) electrons. The van der Waals surface area contributed by atoms with E-state index < -0.39 is 11.7 Å². The van der Waals surface area contributed by atoms with Gasteiger partial charge in [-0.1, -0.05) is 18.2 Å². The summed E-state index contributed by atoms with van der Waals surface area (Å²) in [5, 5.41) is 0. The SMILES string of the molecule is COc1ccccc1CC(=O)N1CCN(C(=O)c2ccc(Oc3ccc(C(F)(F)F)cc3)cc2)CC12CC2. The largest absolute Gasteiger partial charge is 0.496 e. The van der Waals surface area contributed by atoms with Gasteiger partial charge in [-0.25, -0.2) is 0 Å². The lowest BCUT2D eigenvalue weighted by molar-refractivity contribution is -0.138. The predicted molar refractivity (Wildman–Crippen MR) is 134 cm³/mol. The van der Waals surface area contributed by atoms with E-state index in [0.717, 1.165) is 30.5 Å². The summed E-state index contributed by atoms with van der Waals surface area (Å²) in [5.74, 6) is 1.26. The van der Waals surface area contributed by atoms with Crippen molar-refractivity contribution in [2.45, 2.75) is 31.0 Å². The molecule has 2 fully saturated rings. The van der Waals surface area contributed by atoms with Crippen molar-refractivity contribution in [1.82, 2.24) is 9.80 Å². The van der Waals surface area contributed by atoms with Crippen molar-refractivity contribution < 1.29 is 32.2 Å². The molecule has 198 valence electrons. The van der Waals surface area contributed by atoms with Gasteiger partial charge in [-0.15, -0.1) is 0 Å². The number of hydrogen-bond donors (Lipinski definition) is 0. The molecular formula is C29H27F3N2O4. The number of carbonyl (C=O) groups excluding carboxylic acids is 2. The van der Waals surface area contributed by atoms with Crippen LogP contribution in [0.2, 0.25) is 0 Å². The summed E-state index contributed by atoms with van der Waals surface area (Å²) in [6.45, 7) is 1.38. The molecule has 0 aromatic heterocycles. The average Bonchev–Trinajstić information content (AvgIpc) is 3.67. The van der Waals surface area contributed by atoms with E-state index in [-0.39, 0.29) is 29.5 Å². The van der Waals surface area contributed by atoms with Gasteiger partial charge in [-0.3, -0.25) is 9.59 Å². The van der Waals surface area contributed by atoms with Crippen LogP contribution in [-0.2, 0) is 17.4 Å². The Balaban J connectivity index is 1.20. The lowest BCUT2D eigenvalue weighted by atomic mass is 10.0. The van der Waals surface area contributed by atoms with Gasteiger partial charge in [-0.2, -0.15) is 13.2 Å². The van der Waals surface area contributed by atoms with Gasteiger partial charge in [0.15, 0.2) is 0 Å². The van der Waals surface area contributed by atoms with Crippen LogP contribution < -0.4 is 9.47 Å². The second-order valence-electron chi connectivity index (χ2n) is 9.63. The highest BCUT2D eigenvalue weighted by molar-refractivity contribution is 5.94. The predicted octanol–water partition coefficient (Wildman–Crippen LogP) is 5.57. The number of benzene rings is 3. The molecule has 0 unspecified atom stereocenters. The molecule has 1 aliphatic carbocycles. The van der Waals surface area contributed by atoms with E-state index in [9.17, 15) is 22.8 Å². The average molecular weight is 525 g/mol. The van der Waals surface area contributed by atoms with Gasteiger partial charge in [0, 0.05) is 30.8 Å². The maximum atomic E-state index is 13.2. The van der Waals surface area contributed by atoms with Crippen LogP contribution in [0.3, 0.4) is 0 Å². The maximum absolute atomic E-state index is 13.2. The summed E-state index contributed by atoms with van der Waals surface area (Å²) in [6.07, 6.45) is -2.45. The highest BCUT2D eigenvalue weighted by Crippen LogP contribution is 2.45. The first kappa shape index (κ1) is 25.6. The van der Waals surface area contributed by atoms with Crippen molar-refractivity contribution in [2.24, 2.45) is 0 Å². The van der Waals surface area contributed by atoms with Crippen LogP contribution in [0.25, 0.3) is 0 Å². The van der Waals surface area contributed by atoms with Crippen molar-refractivity contribution in [1.29, 1.82) is 0 Å². The van der Waals surface area contributed by atoms with Gasteiger partial charge in [-0.05, 0) is 67.4 Å². The Morgan fingerprint density at radius 1 is 0.895 bits per heavy atom. The van der Waals surface area contributed by atoms with Crippen molar-refractivity contribution in [3.8, 4) is 17.2 Å². The number of hydrogen-bond acceptors (Lipinski definition) is 4. The zero-order valence-electron chi connectivity index (χ0n) is 20.8. The number of piperazine rings is 1. The Hall–Kier alpha value is -4.01. The quantitative estimate of drug-likeness (QED) is 0.423. The summed E-state index contributed by atoms with van der Waals surface area (Å²) in [6, 6.07) is 18.4. The smallest absolute Gasteiger partial charge is 0.416 e.